The van der Waals surface area contributed by atoms with E-state index in [1.807, 2.05) is 6.92 Å². The highest BCUT2D eigenvalue weighted by molar-refractivity contribution is 7.89. The van der Waals surface area contributed by atoms with E-state index in [1.54, 1.807) is 36.4 Å². The first-order valence-electron chi connectivity index (χ1n) is 7.28. The van der Waals surface area contributed by atoms with E-state index in [1.165, 1.54) is 19.1 Å². The molecule has 0 bridgehead atoms. The van der Waals surface area contributed by atoms with Gasteiger partial charge in [-0.15, -0.1) is 0 Å². The van der Waals surface area contributed by atoms with Crippen molar-refractivity contribution in [1.29, 1.82) is 0 Å². The number of aliphatic carboxylic acids is 1. The van der Waals surface area contributed by atoms with Gasteiger partial charge in [0.05, 0.1) is 16.9 Å². The maximum Gasteiger partial charge on any atom is 0.308 e. The molecular formula is C17H18ClNO4S. The summed E-state index contributed by atoms with van der Waals surface area (Å²) in [6.07, 6.45) is 0. The van der Waals surface area contributed by atoms with Gasteiger partial charge in [-0.2, -0.15) is 0 Å². The average molecular weight is 368 g/mol. The Morgan fingerprint density at radius 1 is 1.08 bits per heavy atom. The Bertz CT molecular complexity index is 817. The molecule has 0 aliphatic heterocycles. The second-order valence-electron chi connectivity index (χ2n) is 5.59. The summed E-state index contributed by atoms with van der Waals surface area (Å²) < 4.78 is 27.7. The fourth-order valence-electron chi connectivity index (χ4n) is 2.22. The van der Waals surface area contributed by atoms with Gasteiger partial charge in [0.2, 0.25) is 10.0 Å². The minimum absolute atomic E-state index is 0.0876. The number of benzene rings is 2. The van der Waals surface area contributed by atoms with E-state index in [9.17, 15) is 18.3 Å². The molecule has 0 amide bonds. The highest BCUT2D eigenvalue weighted by atomic mass is 35.5. The fourth-order valence-corrected chi connectivity index (χ4v) is 3.66. The highest BCUT2D eigenvalue weighted by Crippen LogP contribution is 2.26. The van der Waals surface area contributed by atoms with Crippen LogP contribution in [0.1, 0.15) is 24.1 Å². The van der Waals surface area contributed by atoms with Gasteiger partial charge in [0.1, 0.15) is 0 Å². The molecule has 0 unspecified atom stereocenters. The summed E-state index contributed by atoms with van der Waals surface area (Å²) in [7, 11) is -3.86. The van der Waals surface area contributed by atoms with Crippen molar-refractivity contribution in [3.8, 4) is 0 Å². The van der Waals surface area contributed by atoms with Crippen LogP contribution in [0.5, 0.6) is 0 Å². The molecular weight excluding hydrogens is 350 g/mol. The lowest BCUT2D eigenvalue weighted by Gasteiger charge is -2.23. The van der Waals surface area contributed by atoms with Crippen LogP contribution in [0.3, 0.4) is 0 Å². The molecule has 0 aromatic heterocycles. The van der Waals surface area contributed by atoms with Crippen molar-refractivity contribution < 1.29 is 18.3 Å². The molecule has 24 heavy (non-hydrogen) atoms. The molecule has 0 saturated heterocycles. The third-order valence-corrected chi connectivity index (χ3v) is 5.44. The van der Waals surface area contributed by atoms with Gasteiger partial charge in [-0.05, 0) is 36.8 Å². The normalized spacial score (nSPS) is 14.1. The van der Waals surface area contributed by atoms with Gasteiger partial charge in [-0.25, -0.2) is 13.1 Å². The molecule has 0 radical (unpaired) electrons. The lowest BCUT2D eigenvalue weighted by Crippen LogP contribution is -2.35. The largest absolute Gasteiger partial charge is 0.481 e. The first kappa shape index (κ1) is 18.4. The predicted molar refractivity (Wildman–Crippen MR) is 92.5 cm³/mol. The molecule has 2 aromatic carbocycles. The second kappa shape index (κ2) is 7.34. The number of rotatable bonds is 6. The summed E-state index contributed by atoms with van der Waals surface area (Å²) in [5.74, 6) is -2.05. The first-order chi connectivity index (χ1) is 11.2. The minimum atomic E-state index is -3.86. The zero-order valence-corrected chi connectivity index (χ0v) is 14.8. The maximum atomic E-state index is 12.6. The molecule has 0 heterocycles. The Hall–Kier alpha value is -1.89. The van der Waals surface area contributed by atoms with Gasteiger partial charge in [-0.3, -0.25) is 4.79 Å². The summed E-state index contributed by atoms with van der Waals surface area (Å²) in [4.78, 5) is 11.5. The SMILES string of the molecule is Cc1ccc(S(=O)(=O)N[C@H](c2ccc(Cl)cc2)[C@@H](C)C(=O)O)cc1. The number of carboxylic acids is 1. The number of aryl methyl sites for hydroxylation is 1. The van der Waals surface area contributed by atoms with Crippen LogP contribution >= 0.6 is 11.6 Å². The molecule has 0 aliphatic carbocycles. The van der Waals surface area contributed by atoms with E-state index >= 15 is 0 Å². The average Bonchev–Trinajstić information content (AvgIpc) is 2.53. The van der Waals surface area contributed by atoms with Crippen molar-refractivity contribution >= 4 is 27.6 Å². The summed E-state index contributed by atoms with van der Waals surface area (Å²) in [6, 6.07) is 11.9. The van der Waals surface area contributed by atoms with Crippen LogP contribution in [0, 0.1) is 12.8 Å². The van der Waals surface area contributed by atoms with Crippen LogP contribution in [0.15, 0.2) is 53.4 Å². The Balaban J connectivity index is 2.39. The highest BCUT2D eigenvalue weighted by Gasteiger charge is 2.30. The van der Waals surface area contributed by atoms with E-state index in [-0.39, 0.29) is 4.90 Å². The number of carbonyl (C=O) groups is 1. The third-order valence-electron chi connectivity index (χ3n) is 3.73. The Kier molecular flexibility index (Phi) is 5.64. The molecule has 7 heteroatoms. The van der Waals surface area contributed by atoms with Crippen molar-refractivity contribution in [2.45, 2.75) is 24.8 Å². The lowest BCUT2D eigenvalue weighted by molar-refractivity contribution is -0.142. The topological polar surface area (TPSA) is 83.5 Å². The van der Waals surface area contributed by atoms with Crippen molar-refractivity contribution in [2.24, 2.45) is 5.92 Å². The van der Waals surface area contributed by atoms with Crippen LogP contribution in [-0.4, -0.2) is 19.5 Å². The second-order valence-corrected chi connectivity index (χ2v) is 7.74. The van der Waals surface area contributed by atoms with Crippen LogP contribution in [-0.2, 0) is 14.8 Å². The standard InChI is InChI=1S/C17H18ClNO4S/c1-11-3-9-15(10-4-11)24(22,23)19-16(12(2)17(20)21)13-5-7-14(18)8-6-13/h3-10,12,16,19H,1-2H3,(H,20,21)/t12-,16+/m1/s1. The third kappa shape index (κ3) is 4.35. The smallest absolute Gasteiger partial charge is 0.308 e. The van der Waals surface area contributed by atoms with Crippen LogP contribution in [0.2, 0.25) is 5.02 Å². The van der Waals surface area contributed by atoms with E-state index in [0.717, 1.165) is 5.56 Å². The van der Waals surface area contributed by atoms with E-state index in [4.69, 9.17) is 11.6 Å². The molecule has 0 fully saturated rings. The van der Waals surface area contributed by atoms with Crippen LogP contribution < -0.4 is 4.72 Å². The van der Waals surface area contributed by atoms with Gasteiger partial charge >= 0.3 is 5.97 Å². The van der Waals surface area contributed by atoms with E-state index < -0.39 is 28.0 Å². The quantitative estimate of drug-likeness (QED) is 0.819. The van der Waals surface area contributed by atoms with Gasteiger partial charge in [0.25, 0.3) is 0 Å². The molecule has 0 saturated carbocycles. The molecule has 2 aromatic rings. The predicted octanol–water partition coefficient (Wildman–Crippen LogP) is 3.39. The zero-order chi connectivity index (χ0) is 17.9. The number of hydrogen-bond donors (Lipinski definition) is 2. The van der Waals surface area contributed by atoms with Crippen molar-refractivity contribution in [2.75, 3.05) is 0 Å². The fraction of sp³-hybridized carbons (Fsp3) is 0.235. The summed E-state index contributed by atoms with van der Waals surface area (Å²) in [5, 5.41) is 9.80. The Labute approximate surface area is 146 Å². The van der Waals surface area contributed by atoms with Crippen LogP contribution in [0.4, 0.5) is 0 Å². The minimum Gasteiger partial charge on any atom is -0.481 e. The molecule has 128 valence electrons. The summed E-state index contributed by atoms with van der Waals surface area (Å²) in [5.41, 5.74) is 1.46. The molecule has 0 spiro atoms. The molecule has 2 rings (SSSR count). The molecule has 0 aliphatic rings. The number of sulfonamides is 1. The van der Waals surface area contributed by atoms with Gasteiger partial charge < -0.3 is 5.11 Å². The van der Waals surface area contributed by atoms with Crippen molar-refractivity contribution in [3.05, 3.63) is 64.7 Å². The number of halogens is 1. The summed E-state index contributed by atoms with van der Waals surface area (Å²) in [6.45, 7) is 3.31. The Morgan fingerprint density at radius 3 is 2.12 bits per heavy atom. The molecule has 5 nitrogen and oxygen atoms in total. The van der Waals surface area contributed by atoms with Crippen molar-refractivity contribution in [1.82, 2.24) is 4.72 Å². The summed E-state index contributed by atoms with van der Waals surface area (Å²) >= 11 is 5.85. The van der Waals surface area contributed by atoms with Gasteiger partial charge in [0.15, 0.2) is 0 Å². The zero-order valence-electron chi connectivity index (χ0n) is 13.2. The number of carboxylic acid groups (broad SMARTS) is 1. The lowest BCUT2D eigenvalue weighted by atomic mass is 9.96. The molecule has 2 N–H and O–H groups in total. The first-order valence-corrected chi connectivity index (χ1v) is 9.14. The number of hydrogen-bond acceptors (Lipinski definition) is 3. The van der Waals surface area contributed by atoms with Gasteiger partial charge in [0, 0.05) is 5.02 Å². The van der Waals surface area contributed by atoms with E-state index in [0.29, 0.717) is 10.6 Å². The van der Waals surface area contributed by atoms with Crippen LogP contribution in [0.25, 0.3) is 0 Å². The van der Waals surface area contributed by atoms with Crippen molar-refractivity contribution in [3.63, 3.8) is 0 Å². The Morgan fingerprint density at radius 2 is 1.62 bits per heavy atom. The van der Waals surface area contributed by atoms with Gasteiger partial charge in [-0.1, -0.05) is 48.4 Å². The maximum absolute atomic E-state index is 12.6. The monoisotopic (exact) mass is 367 g/mol. The number of nitrogens with one attached hydrogen (secondary N) is 1. The van der Waals surface area contributed by atoms with E-state index in [2.05, 4.69) is 4.72 Å². The molecule has 2 atom stereocenters.